The molecule has 0 fully saturated rings. The second-order valence-corrected chi connectivity index (χ2v) is 24.2. The molecule has 0 radical (unpaired) electrons. The number of hydrogen-bond donors (Lipinski definition) is 0. The minimum absolute atomic E-state index is 0.138. The number of nitrogens with zero attached hydrogens (tertiary/aromatic N) is 5. The molecule has 0 bridgehead atoms. The first kappa shape index (κ1) is 40.0. The summed E-state index contributed by atoms with van der Waals surface area (Å²) in [7, 11) is 0. The van der Waals surface area contributed by atoms with Crippen molar-refractivity contribution < 1.29 is 37.8 Å². The molecule has 4 heterocycles. The van der Waals surface area contributed by atoms with Gasteiger partial charge < -0.3 is 0 Å². The average molecular weight is 1220 g/mol. The molecular weight excluding hydrogens is 1150 g/mol. The van der Waals surface area contributed by atoms with Gasteiger partial charge in [-0.2, -0.15) is 0 Å². The van der Waals surface area contributed by atoms with E-state index in [0.717, 1.165) is 55.0 Å². The normalized spacial score (nSPS) is 14.2. The third kappa shape index (κ3) is 8.69. The topological polar surface area (TPSA) is 41.8 Å². The molecule has 7 heteroatoms. The van der Waals surface area contributed by atoms with Crippen molar-refractivity contribution in [2.45, 2.75) is 78.6 Å². The maximum atomic E-state index is 9.61. The molecule has 0 unspecified atom stereocenters. The molecule has 0 saturated carbocycles. The van der Waals surface area contributed by atoms with E-state index < -0.39 is 60.4 Å². The Morgan fingerprint density at radius 1 is 0.481 bits per heavy atom. The molecule has 4 aromatic heterocycles. The summed E-state index contributed by atoms with van der Waals surface area (Å²) in [4.78, 5) is 5.03. The van der Waals surface area contributed by atoms with Gasteiger partial charge in [0.1, 0.15) is 0 Å². The number of pyridine rings is 1. The van der Waals surface area contributed by atoms with Crippen molar-refractivity contribution >= 4 is 54.6 Å². The predicted octanol–water partition coefficient (Wildman–Crippen LogP) is 18.7. The number of fused-ring (bicyclic) bond motifs is 7. The Balaban J connectivity index is 1.06. The third-order valence-corrected chi connectivity index (χ3v) is 15.9. The summed E-state index contributed by atoms with van der Waals surface area (Å²) in [6, 6.07) is 47.1. The molecule has 0 N–H and O–H groups in total. The van der Waals surface area contributed by atoms with Crippen molar-refractivity contribution in [1.82, 2.24) is 23.3 Å². The van der Waals surface area contributed by atoms with E-state index in [9.17, 15) is 5.48 Å². The van der Waals surface area contributed by atoms with Crippen LogP contribution in [0.4, 0.5) is 0 Å². The summed E-state index contributed by atoms with van der Waals surface area (Å²) in [5.74, 6) is 1.57. The van der Waals surface area contributed by atoms with Crippen molar-refractivity contribution in [2.24, 2.45) is 0 Å². The maximum absolute atomic E-state index is 9.61. The number of imidazole rings is 1. The Hall–Kier alpha value is -8.31. The number of ether oxygens (including phenoxy) is 1. The van der Waals surface area contributed by atoms with Crippen LogP contribution in [0.25, 0.3) is 99.8 Å². The van der Waals surface area contributed by atoms with Crippen molar-refractivity contribution in [3.05, 3.63) is 239 Å². The minimum atomic E-state index is -0.585. The van der Waals surface area contributed by atoms with Crippen LogP contribution in [0.2, 0.25) is 0 Å². The van der Waals surface area contributed by atoms with Crippen LogP contribution in [0, 0.1) is 15.9 Å². The van der Waals surface area contributed by atoms with Crippen LogP contribution in [0.5, 0.6) is 11.5 Å². The van der Waals surface area contributed by atoms with Gasteiger partial charge in [-0.3, -0.25) is 0 Å². The first-order chi connectivity index (χ1) is 42.1. The van der Waals surface area contributed by atoms with Gasteiger partial charge in [-0.05, 0) is 33.4 Å². The molecule has 9 aromatic carbocycles. The Morgan fingerprint density at radius 2 is 1.05 bits per heavy atom. The molecule has 392 valence electrons. The fourth-order valence-corrected chi connectivity index (χ4v) is 12.1. The molecule has 79 heavy (non-hydrogen) atoms. The number of aromatic nitrogens is 5. The van der Waals surface area contributed by atoms with E-state index in [-0.39, 0.29) is 44.2 Å². The molecule has 0 saturated heterocycles. The number of rotatable bonds is 8. The van der Waals surface area contributed by atoms with Gasteiger partial charge in [0.15, 0.2) is 0 Å². The van der Waals surface area contributed by atoms with Crippen molar-refractivity contribution in [3.8, 4) is 56.6 Å². The van der Waals surface area contributed by atoms with Gasteiger partial charge in [0.2, 0.25) is 0 Å². The van der Waals surface area contributed by atoms with Gasteiger partial charge in [-0.1, -0.05) is 68.4 Å². The molecule has 0 aliphatic carbocycles. The Morgan fingerprint density at radius 3 is 1.65 bits per heavy atom. The van der Waals surface area contributed by atoms with E-state index in [1.165, 1.54) is 11.1 Å². The average Bonchev–Trinajstić information content (AvgIpc) is 1.68. The van der Waals surface area contributed by atoms with Crippen LogP contribution in [0.1, 0.15) is 92.7 Å². The first-order valence-corrected chi connectivity index (χ1v) is 27.5. The second kappa shape index (κ2) is 19.0. The van der Waals surface area contributed by atoms with Gasteiger partial charge in [0.05, 0.1) is 0 Å². The molecular formula is C72H61N5OPt-2. The summed E-state index contributed by atoms with van der Waals surface area (Å²) in [6.07, 6.45) is 1.87. The molecule has 13 rings (SSSR count). The molecule has 0 atom stereocenters. The summed E-state index contributed by atoms with van der Waals surface area (Å²) >= 11 is 2.19. The van der Waals surface area contributed by atoms with E-state index in [0.29, 0.717) is 37.7 Å². The monoisotopic (exact) mass is 1220 g/mol. The van der Waals surface area contributed by atoms with Gasteiger partial charge in [0, 0.05) is 6.20 Å². The zero-order valence-corrected chi connectivity index (χ0v) is 47.6. The number of para-hydroxylation sites is 4. The summed E-state index contributed by atoms with van der Waals surface area (Å²) in [5, 5.41) is 3.92. The number of benzene rings is 9. The Bertz CT molecular complexity index is 5030. The van der Waals surface area contributed by atoms with Crippen LogP contribution < -0.4 is 4.74 Å². The molecule has 0 aliphatic rings. The van der Waals surface area contributed by atoms with Crippen LogP contribution in [0.3, 0.4) is 0 Å². The molecule has 0 spiro atoms. The summed E-state index contributed by atoms with van der Waals surface area (Å²) in [5.41, 5.74) is 8.81. The predicted molar refractivity (Wildman–Crippen MR) is 323 cm³/mol. The summed E-state index contributed by atoms with van der Waals surface area (Å²) < 4.78 is 107. The first-order valence-electron chi connectivity index (χ1n) is 31.4. The van der Waals surface area contributed by atoms with Gasteiger partial charge in [-0.25, -0.2) is 0 Å². The van der Waals surface area contributed by atoms with Crippen molar-refractivity contribution in [2.75, 3.05) is 0 Å². The van der Waals surface area contributed by atoms with E-state index in [2.05, 4.69) is 129 Å². The third-order valence-electron chi connectivity index (χ3n) is 14.9. The van der Waals surface area contributed by atoms with E-state index in [1.54, 1.807) is 12.1 Å². The van der Waals surface area contributed by atoms with Gasteiger partial charge >= 0.3 is 382 Å². The zero-order chi connectivity index (χ0) is 63.2. The van der Waals surface area contributed by atoms with Gasteiger partial charge in [-0.15, -0.1) is 0 Å². The van der Waals surface area contributed by atoms with E-state index in [1.807, 2.05) is 117 Å². The Kier molecular flexibility index (Phi) is 9.59. The summed E-state index contributed by atoms with van der Waals surface area (Å²) in [6.45, 7) is 20.0. The fourth-order valence-electron chi connectivity index (χ4n) is 11.0. The molecule has 13 aromatic rings. The van der Waals surface area contributed by atoms with Crippen molar-refractivity contribution in [3.63, 3.8) is 0 Å². The molecule has 6 nitrogen and oxygen atoms in total. The standard InChI is InChI=1S/C72H61N5O.Pt/c1-70(2,3)49-37-38-73-67(41-49)77-66-45-54(35-36-57(66)60-39-50(71(4,5)6)40-61(69(60)77)72(7,8)9)78-53-28-22-27-51(42-53)74-46-75(65-34-21-20-33-64(65)74)68-58(47-23-12-10-13-24-47)43-52(44-59(68)48-25-14-11-15-26-48)76-62-31-18-16-29-55(62)56-30-17-19-32-63(56)76;/h10-41,43-44H,1-9H3;/q-2;/i10D,11D,12D,13D,14D,15D,23D,24D,25D,26D;. The second-order valence-electron chi connectivity index (χ2n) is 23.2. The SMILES string of the molecule is [2H]c1c([2H])c([2H])c(-c2cc(-n3c4ccccc4c4ccccc43)cc(-c3c([2H])c([2H])c([2H])c([2H])c3[2H])c2-n2[c](=[Pt])n(-c3[c-]c(Oc4[c-]c5c(cc4)c4cc(C(C)(C)C)cc(C(C)(C)C)c4n5-c4cc(C(C)(C)C)ccn4)ccc3)c3ccccc32)c([2H])c1[2H]. The van der Waals surface area contributed by atoms with E-state index >= 15 is 0 Å². The van der Waals surface area contributed by atoms with Crippen LogP contribution in [0.15, 0.2) is 206 Å². The van der Waals surface area contributed by atoms with Crippen LogP contribution >= 0.6 is 0 Å². The van der Waals surface area contributed by atoms with Crippen molar-refractivity contribution in [1.29, 1.82) is 0 Å². The molecule has 0 amide bonds. The fraction of sp³-hybridized carbons (Fsp3) is 0.167. The van der Waals surface area contributed by atoms with Crippen LogP contribution in [-0.4, -0.2) is 23.3 Å². The number of hydrogen-bond acceptors (Lipinski definition) is 2. The van der Waals surface area contributed by atoms with Crippen LogP contribution in [-0.2, 0) is 35.6 Å². The molecule has 0 aliphatic heterocycles. The Labute approximate surface area is 487 Å². The van der Waals surface area contributed by atoms with Gasteiger partial charge in [0.25, 0.3) is 0 Å². The van der Waals surface area contributed by atoms with E-state index in [4.69, 9.17) is 17.9 Å². The zero-order valence-electron chi connectivity index (χ0n) is 55.3. The quantitative estimate of drug-likeness (QED) is 0.142.